The van der Waals surface area contributed by atoms with E-state index in [4.69, 9.17) is 0 Å². The van der Waals surface area contributed by atoms with E-state index >= 15 is 0 Å². The third-order valence-electron chi connectivity index (χ3n) is 2.47. The monoisotopic (exact) mass is 200 g/mol. The van der Waals surface area contributed by atoms with Crippen LogP contribution in [0.5, 0.6) is 0 Å². The minimum atomic E-state index is 0.853. The maximum absolute atomic E-state index is 2.46. The van der Waals surface area contributed by atoms with Crippen LogP contribution in [-0.4, -0.2) is 22.0 Å². The van der Waals surface area contributed by atoms with Gasteiger partial charge in [-0.3, -0.25) is 0 Å². The van der Waals surface area contributed by atoms with E-state index in [1.165, 1.54) is 37.2 Å². The molecule has 68 valence electrons. The Morgan fingerprint density at radius 1 is 0.833 bits per heavy atom. The molecule has 2 fully saturated rings. The summed E-state index contributed by atoms with van der Waals surface area (Å²) >= 11 is 4.26. The number of hydrogen-bond donors (Lipinski definition) is 0. The van der Waals surface area contributed by atoms with Crippen molar-refractivity contribution in [3.05, 3.63) is 12.2 Å². The highest BCUT2D eigenvalue weighted by Crippen LogP contribution is 2.30. The molecule has 2 rings (SSSR count). The zero-order valence-corrected chi connectivity index (χ0v) is 9.00. The Balaban J connectivity index is 1.75. The van der Waals surface area contributed by atoms with E-state index in [1.807, 2.05) is 0 Å². The molecule has 12 heavy (non-hydrogen) atoms. The second-order valence-corrected chi connectivity index (χ2v) is 6.18. The molecule has 2 heteroatoms. The maximum atomic E-state index is 2.46. The summed E-state index contributed by atoms with van der Waals surface area (Å²) < 4.78 is 0. The van der Waals surface area contributed by atoms with Gasteiger partial charge in [0.05, 0.1) is 0 Å². The fourth-order valence-electron chi connectivity index (χ4n) is 1.76. The highest BCUT2D eigenvalue weighted by molar-refractivity contribution is 8.00. The van der Waals surface area contributed by atoms with Crippen LogP contribution in [0, 0.1) is 0 Å². The van der Waals surface area contributed by atoms with E-state index in [0.717, 1.165) is 10.5 Å². The molecule has 0 N–H and O–H groups in total. The van der Waals surface area contributed by atoms with Crippen molar-refractivity contribution < 1.29 is 0 Å². The summed E-state index contributed by atoms with van der Waals surface area (Å²) in [7, 11) is 0. The molecular formula is C10H16S2. The number of hydrogen-bond acceptors (Lipinski definition) is 2. The van der Waals surface area contributed by atoms with Crippen molar-refractivity contribution in [2.75, 3.05) is 11.5 Å². The molecule has 0 bridgehead atoms. The first kappa shape index (κ1) is 9.01. The van der Waals surface area contributed by atoms with Crippen molar-refractivity contribution in [2.24, 2.45) is 0 Å². The van der Waals surface area contributed by atoms with Gasteiger partial charge in [0.15, 0.2) is 0 Å². The van der Waals surface area contributed by atoms with Crippen LogP contribution >= 0.6 is 23.5 Å². The van der Waals surface area contributed by atoms with Crippen LogP contribution in [0.3, 0.4) is 0 Å². The van der Waals surface area contributed by atoms with Gasteiger partial charge in [-0.2, -0.15) is 23.5 Å². The van der Waals surface area contributed by atoms with Crippen LogP contribution < -0.4 is 0 Å². The molecule has 0 saturated carbocycles. The topological polar surface area (TPSA) is 0 Å². The Hall–Kier alpha value is 0.440. The second kappa shape index (κ2) is 4.61. The van der Waals surface area contributed by atoms with Gasteiger partial charge in [0.1, 0.15) is 0 Å². The molecule has 2 aliphatic heterocycles. The van der Waals surface area contributed by atoms with Gasteiger partial charge in [-0.05, 0) is 37.2 Å². The predicted octanol–water partition coefficient (Wildman–Crippen LogP) is 3.33. The van der Waals surface area contributed by atoms with Crippen molar-refractivity contribution in [1.29, 1.82) is 0 Å². The molecule has 0 aromatic carbocycles. The summed E-state index contributed by atoms with van der Waals surface area (Å²) in [6, 6.07) is 0. The smallest absolute Gasteiger partial charge is 0.0227 e. The second-order valence-electron chi connectivity index (χ2n) is 3.49. The van der Waals surface area contributed by atoms with Gasteiger partial charge in [-0.25, -0.2) is 0 Å². The molecule has 0 nitrogen and oxygen atoms in total. The van der Waals surface area contributed by atoms with E-state index in [2.05, 4.69) is 35.7 Å². The normalized spacial score (nSPS) is 36.7. The third-order valence-corrected chi connectivity index (χ3v) is 5.16. The summed E-state index contributed by atoms with van der Waals surface area (Å²) in [6.45, 7) is 0. The molecule has 0 unspecified atom stereocenters. The number of rotatable bonds is 2. The Labute approximate surface area is 83.6 Å². The van der Waals surface area contributed by atoms with Crippen LogP contribution in [0.1, 0.15) is 25.7 Å². The SMILES string of the molecule is C(=C\[C@H]1CCCS1)/[C@H]1CCCS1. The molecule has 0 spiro atoms. The fourth-order valence-corrected chi connectivity index (χ4v) is 4.10. The van der Waals surface area contributed by atoms with Crippen molar-refractivity contribution in [1.82, 2.24) is 0 Å². The minimum absolute atomic E-state index is 0.853. The zero-order chi connectivity index (χ0) is 8.23. The first-order chi connectivity index (χ1) is 5.95. The predicted molar refractivity (Wildman–Crippen MR) is 60.1 cm³/mol. The first-order valence-electron chi connectivity index (χ1n) is 4.87. The van der Waals surface area contributed by atoms with Crippen molar-refractivity contribution in [3.8, 4) is 0 Å². The van der Waals surface area contributed by atoms with E-state index in [-0.39, 0.29) is 0 Å². The Kier molecular flexibility index (Phi) is 3.47. The lowest BCUT2D eigenvalue weighted by Gasteiger charge is -2.03. The van der Waals surface area contributed by atoms with Gasteiger partial charge in [-0.1, -0.05) is 12.2 Å². The van der Waals surface area contributed by atoms with Crippen LogP contribution in [0.4, 0.5) is 0 Å². The van der Waals surface area contributed by atoms with Gasteiger partial charge in [0.2, 0.25) is 0 Å². The molecule has 0 aromatic rings. The molecule has 0 aliphatic carbocycles. The lowest BCUT2D eigenvalue weighted by Crippen LogP contribution is -1.94. The van der Waals surface area contributed by atoms with E-state index in [1.54, 1.807) is 0 Å². The lowest BCUT2D eigenvalue weighted by molar-refractivity contribution is 0.859. The standard InChI is InChI=1S/C10H16S2/c1-3-9(11-7-1)5-6-10-4-2-8-12-10/h5-6,9-10H,1-4,7-8H2/b6-5+/t9-,10-/m1/s1. The summed E-state index contributed by atoms with van der Waals surface area (Å²) in [4.78, 5) is 0. The van der Waals surface area contributed by atoms with Crippen LogP contribution in [0.25, 0.3) is 0 Å². The Morgan fingerprint density at radius 2 is 1.33 bits per heavy atom. The zero-order valence-electron chi connectivity index (χ0n) is 7.37. The fraction of sp³-hybridized carbons (Fsp3) is 0.800. The minimum Gasteiger partial charge on any atom is -0.154 e. The maximum Gasteiger partial charge on any atom is 0.0227 e. The first-order valence-corrected chi connectivity index (χ1v) is 6.96. The van der Waals surface area contributed by atoms with Gasteiger partial charge in [-0.15, -0.1) is 0 Å². The van der Waals surface area contributed by atoms with E-state index in [9.17, 15) is 0 Å². The third kappa shape index (κ3) is 2.46. The van der Waals surface area contributed by atoms with Gasteiger partial charge in [0.25, 0.3) is 0 Å². The van der Waals surface area contributed by atoms with Crippen LogP contribution in [-0.2, 0) is 0 Å². The van der Waals surface area contributed by atoms with Gasteiger partial charge >= 0.3 is 0 Å². The van der Waals surface area contributed by atoms with Gasteiger partial charge < -0.3 is 0 Å². The molecule has 0 aromatic heterocycles. The molecular weight excluding hydrogens is 184 g/mol. The molecule has 0 radical (unpaired) electrons. The quantitative estimate of drug-likeness (QED) is 0.627. The Bertz CT molecular complexity index is 135. The van der Waals surface area contributed by atoms with Crippen LogP contribution in [0.15, 0.2) is 12.2 Å². The highest BCUT2D eigenvalue weighted by atomic mass is 32.2. The molecule has 2 heterocycles. The van der Waals surface area contributed by atoms with E-state index < -0.39 is 0 Å². The number of thioether (sulfide) groups is 2. The molecule has 2 saturated heterocycles. The Morgan fingerprint density at radius 3 is 1.67 bits per heavy atom. The van der Waals surface area contributed by atoms with Gasteiger partial charge in [0, 0.05) is 10.5 Å². The highest BCUT2D eigenvalue weighted by Gasteiger charge is 2.15. The van der Waals surface area contributed by atoms with E-state index in [0.29, 0.717) is 0 Å². The lowest BCUT2D eigenvalue weighted by atomic mass is 10.2. The van der Waals surface area contributed by atoms with Crippen molar-refractivity contribution >= 4 is 23.5 Å². The van der Waals surface area contributed by atoms with Crippen LogP contribution in [0.2, 0.25) is 0 Å². The molecule has 2 atom stereocenters. The summed E-state index contributed by atoms with van der Waals surface area (Å²) in [5.41, 5.74) is 0. The summed E-state index contributed by atoms with van der Waals surface area (Å²) in [5.74, 6) is 2.76. The van der Waals surface area contributed by atoms with Crippen molar-refractivity contribution in [2.45, 2.75) is 36.2 Å². The summed E-state index contributed by atoms with van der Waals surface area (Å²) in [5, 5.41) is 1.71. The summed E-state index contributed by atoms with van der Waals surface area (Å²) in [6.07, 6.45) is 10.6. The average Bonchev–Trinajstić information content (AvgIpc) is 2.74. The van der Waals surface area contributed by atoms with Crippen molar-refractivity contribution in [3.63, 3.8) is 0 Å². The molecule has 2 aliphatic rings. The molecule has 0 amide bonds. The largest absolute Gasteiger partial charge is 0.154 e. The average molecular weight is 200 g/mol.